The zero-order valence-electron chi connectivity index (χ0n) is 18.8. The number of carbonyl (C=O) groups excluding carboxylic acids is 1. The molecule has 0 saturated carbocycles. The van der Waals surface area contributed by atoms with Crippen LogP contribution in [0.4, 0.5) is 0 Å². The van der Waals surface area contributed by atoms with Gasteiger partial charge in [-0.2, -0.15) is 0 Å². The van der Waals surface area contributed by atoms with Gasteiger partial charge in [0.1, 0.15) is 0 Å². The van der Waals surface area contributed by atoms with Gasteiger partial charge in [-0.1, -0.05) is 51.5 Å². The molecule has 0 saturated heterocycles. The topological polar surface area (TPSA) is 54.0 Å². The number of esters is 1. The second kappa shape index (κ2) is 18.3. The molecule has 0 amide bonds. The molecule has 0 aromatic heterocycles. The van der Waals surface area contributed by atoms with Crippen molar-refractivity contribution in [1.29, 1.82) is 0 Å². The normalized spacial score (nSPS) is 12.7. The highest BCUT2D eigenvalue weighted by molar-refractivity contribution is 6.60. The fourth-order valence-corrected chi connectivity index (χ4v) is 6.00. The predicted molar refractivity (Wildman–Crippen MR) is 117 cm³/mol. The number of hydrogen-bond acceptors (Lipinski definition) is 5. The van der Waals surface area contributed by atoms with E-state index in [1.54, 1.807) is 0 Å². The molecule has 1 atom stereocenters. The summed E-state index contributed by atoms with van der Waals surface area (Å²) in [6, 6.07) is 0.928. The summed E-state index contributed by atoms with van der Waals surface area (Å²) in [6.07, 6.45) is 13.2. The Morgan fingerprint density at radius 2 is 1.25 bits per heavy atom. The lowest BCUT2D eigenvalue weighted by Crippen LogP contribution is -2.45. The van der Waals surface area contributed by atoms with E-state index in [0.717, 1.165) is 25.3 Å². The molecule has 0 N–H and O–H groups in total. The first-order valence-corrected chi connectivity index (χ1v) is 13.2. The summed E-state index contributed by atoms with van der Waals surface area (Å²) in [6.45, 7) is 13.3. The van der Waals surface area contributed by atoms with E-state index in [9.17, 15) is 4.79 Å². The second-order valence-corrected chi connectivity index (χ2v) is 9.89. The van der Waals surface area contributed by atoms with E-state index in [-0.39, 0.29) is 12.1 Å². The van der Waals surface area contributed by atoms with Gasteiger partial charge in [-0.25, -0.2) is 4.79 Å². The van der Waals surface area contributed by atoms with E-state index in [4.69, 9.17) is 18.0 Å². The average molecular weight is 417 g/mol. The number of unbranched alkanes of at least 4 members (excludes halogenated alkanes) is 8. The molecule has 0 aromatic rings. The van der Waals surface area contributed by atoms with Crippen molar-refractivity contribution in [3.63, 3.8) is 0 Å². The third-order valence-electron chi connectivity index (χ3n) is 4.67. The molecule has 0 heterocycles. The highest BCUT2D eigenvalue weighted by atomic mass is 28.4. The number of carbonyl (C=O) groups is 1. The number of rotatable bonds is 20. The Balaban J connectivity index is 3.65. The van der Waals surface area contributed by atoms with Gasteiger partial charge in [0.25, 0.3) is 0 Å². The Labute approximate surface area is 174 Å². The lowest BCUT2D eigenvalue weighted by atomic mass is 10.1. The van der Waals surface area contributed by atoms with Gasteiger partial charge >= 0.3 is 14.8 Å². The van der Waals surface area contributed by atoms with Crippen molar-refractivity contribution in [1.82, 2.24) is 0 Å². The maximum absolute atomic E-state index is 11.1. The van der Waals surface area contributed by atoms with Gasteiger partial charge in [-0.05, 0) is 47.0 Å². The third kappa shape index (κ3) is 14.3. The average Bonchev–Trinajstić information content (AvgIpc) is 2.66. The van der Waals surface area contributed by atoms with Crippen molar-refractivity contribution in [2.45, 2.75) is 104 Å². The minimum absolute atomic E-state index is 0.00812. The molecule has 0 bridgehead atoms. The molecule has 0 aliphatic carbocycles. The van der Waals surface area contributed by atoms with Crippen molar-refractivity contribution >= 4 is 14.8 Å². The molecule has 0 aliphatic heterocycles. The van der Waals surface area contributed by atoms with Gasteiger partial charge < -0.3 is 18.0 Å². The molecule has 166 valence electrons. The fraction of sp³-hybridized carbons (Fsp3) is 0.864. The van der Waals surface area contributed by atoms with Crippen LogP contribution in [0, 0.1) is 0 Å². The highest BCUT2D eigenvalue weighted by Gasteiger charge is 2.39. The zero-order chi connectivity index (χ0) is 21.1. The number of hydrogen-bond donors (Lipinski definition) is 0. The van der Waals surface area contributed by atoms with Crippen molar-refractivity contribution in [2.24, 2.45) is 0 Å². The Kier molecular flexibility index (Phi) is 17.9. The van der Waals surface area contributed by atoms with Crippen molar-refractivity contribution in [3.8, 4) is 0 Å². The maximum atomic E-state index is 11.1. The van der Waals surface area contributed by atoms with Crippen LogP contribution in [0.1, 0.15) is 91.9 Å². The predicted octanol–water partition coefficient (Wildman–Crippen LogP) is 6.05. The van der Waals surface area contributed by atoms with Crippen LogP contribution in [0.2, 0.25) is 6.04 Å². The molecule has 0 spiro atoms. The van der Waals surface area contributed by atoms with Crippen molar-refractivity contribution in [2.75, 3.05) is 19.8 Å². The Morgan fingerprint density at radius 1 is 0.821 bits per heavy atom. The van der Waals surface area contributed by atoms with Crippen molar-refractivity contribution in [3.05, 3.63) is 12.7 Å². The third-order valence-corrected chi connectivity index (χ3v) is 7.82. The van der Waals surface area contributed by atoms with Gasteiger partial charge in [0.2, 0.25) is 0 Å². The van der Waals surface area contributed by atoms with Crippen LogP contribution in [-0.4, -0.2) is 40.7 Å². The monoisotopic (exact) mass is 416 g/mol. The van der Waals surface area contributed by atoms with Crippen LogP contribution >= 0.6 is 0 Å². The SMILES string of the molecule is C=CC(=O)OC(C)CCCCCCCCCCC[Si](OCC)(OCC)OCC. The number of ether oxygens (including phenoxy) is 1. The minimum Gasteiger partial charge on any atom is -0.460 e. The van der Waals surface area contributed by atoms with E-state index < -0.39 is 8.80 Å². The van der Waals surface area contributed by atoms with Crippen LogP contribution in [-0.2, 0) is 22.8 Å². The van der Waals surface area contributed by atoms with Crippen molar-refractivity contribution < 1.29 is 22.8 Å². The molecule has 0 aromatic carbocycles. The first-order chi connectivity index (χ1) is 13.5. The van der Waals surface area contributed by atoms with Crippen LogP contribution < -0.4 is 0 Å². The lowest BCUT2D eigenvalue weighted by Gasteiger charge is -2.28. The van der Waals surface area contributed by atoms with E-state index in [1.165, 1.54) is 51.0 Å². The smallest absolute Gasteiger partial charge is 0.460 e. The summed E-state index contributed by atoms with van der Waals surface area (Å²) in [4.78, 5) is 11.1. The van der Waals surface area contributed by atoms with Crippen LogP contribution in [0.5, 0.6) is 0 Å². The molecule has 0 radical (unpaired) electrons. The maximum Gasteiger partial charge on any atom is 0.500 e. The molecule has 1 unspecified atom stereocenters. The first kappa shape index (κ1) is 27.3. The Bertz CT molecular complexity index is 372. The van der Waals surface area contributed by atoms with E-state index >= 15 is 0 Å². The summed E-state index contributed by atoms with van der Waals surface area (Å²) in [5.74, 6) is -0.323. The van der Waals surface area contributed by atoms with Gasteiger partial charge in [0, 0.05) is 31.9 Å². The molecule has 28 heavy (non-hydrogen) atoms. The van der Waals surface area contributed by atoms with E-state index in [0.29, 0.717) is 19.8 Å². The van der Waals surface area contributed by atoms with Crippen LogP contribution in [0.15, 0.2) is 12.7 Å². The van der Waals surface area contributed by atoms with Crippen LogP contribution in [0.25, 0.3) is 0 Å². The van der Waals surface area contributed by atoms with Gasteiger partial charge in [-0.3, -0.25) is 0 Å². The van der Waals surface area contributed by atoms with E-state index in [1.807, 2.05) is 27.7 Å². The van der Waals surface area contributed by atoms with Crippen LogP contribution in [0.3, 0.4) is 0 Å². The molecular weight excluding hydrogens is 372 g/mol. The minimum atomic E-state index is -2.44. The van der Waals surface area contributed by atoms with Gasteiger partial charge in [0.05, 0.1) is 6.10 Å². The first-order valence-electron chi connectivity index (χ1n) is 11.3. The lowest BCUT2D eigenvalue weighted by molar-refractivity contribution is -0.142. The summed E-state index contributed by atoms with van der Waals surface area (Å²) in [5, 5.41) is 0. The summed E-state index contributed by atoms with van der Waals surface area (Å²) >= 11 is 0. The molecule has 6 heteroatoms. The standard InChI is InChI=1S/C22H44O5Si/c1-6-22(23)27-21(5)19-17-15-13-11-10-12-14-16-18-20-28(24-7-2,25-8-3)26-9-4/h6,21H,1,7-20H2,2-5H3. The molecular formula is C22H44O5Si. The fourth-order valence-electron chi connectivity index (χ4n) is 3.32. The zero-order valence-corrected chi connectivity index (χ0v) is 19.8. The van der Waals surface area contributed by atoms with E-state index in [2.05, 4.69) is 6.58 Å². The Hall–Kier alpha value is -0.693. The molecule has 0 aliphatic rings. The summed E-state index contributed by atoms with van der Waals surface area (Å²) in [5.41, 5.74) is 0. The van der Waals surface area contributed by atoms with Gasteiger partial charge in [0.15, 0.2) is 0 Å². The Morgan fingerprint density at radius 3 is 1.68 bits per heavy atom. The quantitative estimate of drug-likeness (QED) is 0.105. The highest BCUT2D eigenvalue weighted by Crippen LogP contribution is 2.21. The summed E-state index contributed by atoms with van der Waals surface area (Å²) < 4.78 is 22.9. The van der Waals surface area contributed by atoms with Gasteiger partial charge in [-0.15, -0.1) is 0 Å². The molecule has 5 nitrogen and oxygen atoms in total. The second-order valence-electron chi connectivity index (χ2n) is 7.15. The molecule has 0 fully saturated rings. The molecule has 0 rings (SSSR count). The summed E-state index contributed by atoms with van der Waals surface area (Å²) in [7, 11) is -2.44. The largest absolute Gasteiger partial charge is 0.500 e.